The molecule has 8 nitrogen and oxygen atoms in total. The highest BCUT2D eigenvalue weighted by molar-refractivity contribution is 7.88. The largest absolute Gasteiger partial charge is 0.395 e. The molecular formula is C10H15N3O5S. The SMILES string of the molecule is O=C1[C@@H]2[C@@H](C[C@@H]3CN2C(=O)N3OSO)CN1CCO. The molecule has 3 aliphatic heterocycles. The molecule has 2 N–H and O–H groups in total. The van der Waals surface area contributed by atoms with Gasteiger partial charge in [-0.2, -0.15) is 9.35 Å². The minimum Gasteiger partial charge on any atom is -0.395 e. The number of β-amino-alcohol motifs (C(OH)–C–C–N with tert-alkyl or cyclic N) is 1. The zero-order chi connectivity index (χ0) is 13.6. The highest BCUT2D eigenvalue weighted by Gasteiger charge is 2.56. The highest BCUT2D eigenvalue weighted by atomic mass is 32.2. The number of amides is 3. The maximum absolute atomic E-state index is 12.2. The maximum atomic E-state index is 12.2. The quantitative estimate of drug-likeness (QED) is 0.669. The number of likely N-dealkylation sites (tertiary alicyclic amines) is 1. The van der Waals surface area contributed by atoms with Gasteiger partial charge in [0.2, 0.25) is 5.91 Å². The normalized spacial score (nSPS) is 33.4. The summed E-state index contributed by atoms with van der Waals surface area (Å²) in [6.07, 6.45) is 0.668. The molecule has 9 heteroatoms. The van der Waals surface area contributed by atoms with E-state index in [0.717, 1.165) is 5.06 Å². The lowest BCUT2D eigenvalue weighted by molar-refractivity contribution is -0.132. The van der Waals surface area contributed by atoms with E-state index in [1.807, 2.05) is 0 Å². The van der Waals surface area contributed by atoms with E-state index < -0.39 is 6.04 Å². The van der Waals surface area contributed by atoms with Crippen molar-refractivity contribution in [2.45, 2.75) is 18.5 Å². The number of aliphatic hydroxyl groups is 1. The minimum absolute atomic E-state index is 0.0686. The molecular weight excluding hydrogens is 274 g/mol. The second-order valence-electron chi connectivity index (χ2n) is 5.01. The number of hydrogen-bond donors (Lipinski definition) is 2. The lowest BCUT2D eigenvalue weighted by atomic mass is 9.91. The number of piperidine rings is 1. The number of carbonyl (C=O) groups excluding carboxylic acids is 2. The average molecular weight is 289 g/mol. The van der Waals surface area contributed by atoms with Crippen LogP contribution in [-0.2, 0) is 9.08 Å². The number of aliphatic hydroxyl groups excluding tert-OH is 1. The average Bonchev–Trinajstić information content (AvgIpc) is 2.82. The number of hydrogen-bond acceptors (Lipinski definition) is 6. The Morgan fingerprint density at radius 2 is 2.16 bits per heavy atom. The predicted molar refractivity (Wildman–Crippen MR) is 64.6 cm³/mol. The third-order valence-electron chi connectivity index (χ3n) is 4.03. The van der Waals surface area contributed by atoms with Gasteiger partial charge >= 0.3 is 6.03 Å². The molecule has 3 heterocycles. The summed E-state index contributed by atoms with van der Waals surface area (Å²) in [5.41, 5.74) is 0. The van der Waals surface area contributed by atoms with E-state index in [1.165, 1.54) is 4.90 Å². The Kier molecular flexibility index (Phi) is 3.29. The lowest BCUT2D eigenvalue weighted by Crippen LogP contribution is -2.48. The molecule has 0 spiro atoms. The van der Waals surface area contributed by atoms with Crippen molar-refractivity contribution >= 4 is 24.3 Å². The van der Waals surface area contributed by atoms with Crippen LogP contribution in [0.4, 0.5) is 4.79 Å². The van der Waals surface area contributed by atoms with E-state index in [2.05, 4.69) is 0 Å². The Morgan fingerprint density at radius 3 is 2.84 bits per heavy atom. The van der Waals surface area contributed by atoms with E-state index in [1.54, 1.807) is 4.90 Å². The molecule has 0 aliphatic carbocycles. The summed E-state index contributed by atoms with van der Waals surface area (Å²) >= 11 is 0.139. The minimum atomic E-state index is -0.451. The molecule has 0 saturated carbocycles. The molecule has 0 aromatic rings. The fourth-order valence-corrected chi connectivity index (χ4v) is 3.58. The zero-order valence-electron chi connectivity index (χ0n) is 10.1. The van der Waals surface area contributed by atoms with Crippen molar-refractivity contribution < 1.29 is 23.5 Å². The monoisotopic (exact) mass is 289 g/mol. The maximum Gasteiger partial charge on any atom is 0.346 e. The molecule has 3 aliphatic rings. The van der Waals surface area contributed by atoms with Gasteiger partial charge in [-0.1, -0.05) is 0 Å². The topological polar surface area (TPSA) is 93.6 Å². The van der Waals surface area contributed by atoms with E-state index in [0.29, 0.717) is 26.1 Å². The molecule has 3 fully saturated rings. The van der Waals surface area contributed by atoms with Crippen LogP contribution in [0.1, 0.15) is 6.42 Å². The van der Waals surface area contributed by atoms with Gasteiger partial charge in [0.15, 0.2) is 12.3 Å². The van der Waals surface area contributed by atoms with Crippen molar-refractivity contribution in [1.29, 1.82) is 0 Å². The van der Waals surface area contributed by atoms with Crippen molar-refractivity contribution in [3.05, 3.63) is 0 Å². The Morgan fingerprint density at radius 1 is 1.37 bits per heavy atom. The van der Waals surface area contributed by atoms with Crippen molar-refractivity contribution in [2.24, 2.45) is 5.92 Å². The van der Waals surface area contributed by atoms with Gasteiger partial charge in [-0.15, -0.1) is 0 Å². The molecule has 19 heavy (non-hydrogen) atoms. The Labute approximate surface area is 114 Å². The van der Waals surface area contributed by atoms with Crippen molar-refractivity contribution in [3.63, 3.8) is 0 Å². The van der Waals surface area contributed by atoms with E-state index in [-0.39, 0.29) is 42.8 Å². The third-order valence-corrected chi connectivity index (χ3v) is 4.26. The summed E-state index contributed by atoms with van der Waals surface area (Å²) in [4.78, 5) is 27.5. The van der Waals surface area contributed by atoms with Gasteiger partial charge in [-0.25, -0.2) is 4.79 Å². The van der Waals surface area contributed by atoms with Gasteiger partial charge in [-0.3, -0.25) is 4.79 Å². The molecule has 0 aromatic heterocycles. The molecule has 106 valence electrons. The van der Waals surface area contributed by atoms with Crippen LogP contribution in [-0.4, -0.2) is 74.8 Å². The molecule has 3 amide bonds. The number of urea groups is 1. The third kappa shape index (κ3) is 1.88. The summed E-state index contributed by atoms with van der Waals surface area (Å²) in [6, 6.07) is -0.957. The smallest absolute Gasteiger partial charge is 0.346 e. The summed E-state index contributed by atoms with van der Waals surface area (Å²) in [5.74, 6) is -0.0385. The van der Waals surface area contributed by atoms with Crippen LogP contribution >= 0.6 is 12.3 Å². The first-order valence-corrected chi connectivity index (χ1v) is 6.85. The number of hydroxylamine groups is 2. The summed E-state index contributed by atoms with van der Waals surface area (Å²) in [5, 5.41) is 10.1. The van der Waals surface area contributed by atoms with Crippen molar-refractivity contribution in [3.8, 4) is 0 Å². The van der Waals surface area contributed by atoms with Crippen LogP contribution < -0.4 is 0 Å². The molecule has 0 aromatic carbocycles. The number of carbonyl (C=O) groups is 2. The van der Waals surface area contributed by atoms with Gasteiger partial charge in [0.25, 0.3) is 0 Å². The second-order valence-corrected chi connectivity index (χ2v) is 5.31. The standard InChI is InChI=1S/C10H15N3O5S/c14-2-1-11-4-6-3-7-5-12(8(6)9(11)15)10(16)13(7)18-19-17/h6-8,14,17H,1-5H2/t6-,7+,8-/m0/s1. The fourth-order valence-electron chi connectivity index (χ4n) is 3.32. The molecule has 3 atom stereocenters. The first-order valence-electron chi connectivity index (χ1n) is 6.15. The van der Waals surface area contributed by atoms with Crippen LogP contribution in [0, 0.1) is 5.92 Å². The van der Waals surface area contributed by atoms with Gasteiger partial charge < -0.3 is 19.5 Å². The van der Waals surface area contributed by atoms with E-state index in [4.69, 9.17) is 13.9 Å². The van der Waals surface area contributed by atoms with Gasteiger partial charge in [0.05, 0.1) is 12.6 Å². The highest BCUT2D eigenvalue weighted by Crippen LogP contribution is 2.39. The summed E-state index contributed by atoms with van der Waals surface area (Å²) in [7, 11) is 0. The van der Waals surface area contributed by atoms with Crippen LogP contribution in [0.5, 0.6) is 0 Å². The first kappa shape index (κ1) is 13.0. The molecule has 2 bridgehead atoms. The first-order chi connectivity index (χ1) is 9.17. The Hall–Kier alpha value is -1.03. The van der Waals surface area contributed by atoms with Crippen LogP contribution in [0.3, 0.4) is 0 Å². The number of nitrogens with zero attached hydrogens (tertiary/aromatic N) is 3. The van der Waals surface area contributed by atoms with E-state index >= 15 is 0 Å². The van der Waals surface area contributed by atoms with Gasteiger partial charge in [0, 0.05) is 25.6 Å². The fraction of sp³-hybridized carbons (Fsp3) is 0.800. The Balaban J connectivity index is 1.79. The van der Waals surface area contributed by atoms with Crippen molar-refractivity contribution in [1.82, 2.24) is 14.9 Å². The van der Waals surface area contributed by atoms with Crippen LogP contribution in [0.25, 0.3) is 0 Å². The van der Waals surface area contributed by atoms with E-state index in [9.17, 15) is 9.59 Å². The molecule has 3 saturated heterocycles. The van der Waals surface area contributed by atoms with Crippen LogP contribution in [0.15, 0.2) is 0 Å². The summed E-state index contributed by atoms with van der Waals surface area (Å²) < 4.78 is 13.6. The Bertz CT molecular complexity index is 407. The molecule has 0 radical (unpaired) electrons. The van der Waals surface area contributed by atoms with Gasteiger partial charge in [-0.05, 0) is 6.42 Å². The zero-order valence-corrected chi connectivity index (χ0v) is 11.0. The number of rotatable bonds is 4. The predicted octanol–water partition coefficient (Wildman–Crippen LogP) is -0.632. The lowest BCUT2D eigenvalue weighted by Gasteiger charge is -2.30. The molecule has 3 rings (SSSR count). The molecule has 0 unspecified atom stereocenters. The van der Waals surface area contributed by atoms with Crippen molar-refractivity contribution in [2.75, 3.05) is 26.2 Å². The van der Waals surface area contributed by atoms with Crippen LogP contribution in [0.2, 0.25) is 0 Å². The second kappa shape index (κ2) is 4.82. The summed E-state index contributed by atoms with van der Waals surface area (Å²) in [6.45, 7) is 1.24. The number of fused-ring (bicyclic) bond motifs is 4. The van der Waals surface area contributed by atoms with Gasteiger partial charge in [0.1, 0.15) is 6.04 Å².